The molecular formula is C26H26ClN3O5. The molecule has 182 valence electrons. The van der Waals surface area contributed by atoms with Crippen LogP contribution in [0.15, 0.2) is 77.4 Å². The second kappa shape index (κ2) is 11.7. The van der Waals surface area contributed by atoms with Crippen molar-refractivity contribution < 1.29 is 23.5 Å². The number of nitrogens with zero attached hydrogens (tertiary/aromatic N) is 1. The van der Waals surface area contributed by atoms with E-state index in [1.165, 1.54) is 17.2 Å². The van der Waals surface area contributed by atoms with Crippen molar-refractivity contribution in [2.24, 2.45) is 0 Å². The van der Waals surface area contributed by atoms with Gasteiger partial charge in [-0.2, -0.15) is 0 Å². The van der Waals surface area contributed by atoms with E-state index in [1.54, 1.807) is 54.6 Å². The molecule has 1 aliphatic heterocycles. The van der Waals surface area contributed by atoms with Crippen LogP contribution in [0.1, 0.15) is 35.0 Å². The van der Waals surface area contributed by atoms with Gasteiger partial charge in [-0.15, -0.1) is 0 Å². The van der Waals surface area contributed by atoms with Crippen molar-refractivity contribution in [1.82, 2.24) is 10.6 Å². The second-order valence-electron chi connectivity index (χ2n) is 8.07. The van der Waals surface area contributed by atoms with E-state index in [9.17, 15) is 14.4 Å². The zero-order chi connectivity index (χ0) is 24.6. The van der Waals surface area contributed by atoms with Crippen molar-refractivity contribution in [3.8, 4) is 0 Å². The molecule has 1 aromatic heterocycles. The van der Waals surface area contributed by atoms with Gasteiger partial charge < -0.3 is 19.8 Å². The van der Waals surface area contributed by atoms with Gasteiger partial charge in [0.2, 0.25) is 11.8 Å². The molecule has 3 aromatic rings. The van der Waals surface area contributed by atoms with Gasteiger partial charge >= 0.3 is 0 Å². The summed E-state index contributed by atoms with van der Waals surface area (Å²) in [6.45, 7) is 0.636. The maximum Gasteiger partial charge on any atom is 0.287 e. The number of nitrogens with one attached hydrogen (secondary N) is 2. The second-order valence-corrected chi connectivity index (χ2v) is 8.48. The summed E-state index contributed by atoms with van der Waals surface area (Å²) in [6, 6.07) is 17.8. The van der Waals surface area contributed by atoms with Crippen LogP contribution in [0.25, 0.3) is 0 Å². The van der Waals surface area contributed by atoms with Crippen molar-refractivity contribution in [2.45, 2.75) is 25.0 Å². The third-order valence-corrected chi connectivity index (χ3v) is 6.00. The molecule has 1 aliphatic rings. The van der Waals surface area contributed by atoms with Crippen LogP contribution in [0.5, 0.6) is 0 Å². The third kappa shape index (κ3) is 6.09. The van der Waals surface area contributed by atoms with Gasteiger partial charge in [0.1, 0.15) is 6.04 Å². The maximum atomic E-state index is 13.6. The van der Waals surface area contributed by atoms with Gasteiger partial charge in [-0.05, 0) is 42.7 Å². The predicted molar refractivity (Wildman–Crippen MR) is 131 cm³/mol. The number of para-hydroxylation sites is 1. The molecule has 1 fully saturated rings. The Hall–Kier alpha value is -3.62. The topological polar surface area (TPSA) is 101 Å². The normalized spacial score (nSPS) is 15.9. The van der Waals surface area contributed by atoms with Crippen molar-refractivity contribution in [1.29, 1.82) is 0 Å². The fourth-order valence-corrected chi connectivity index (χ4v) is 4.20. The minimum absolute atomic E-state index is 0.0626. The Morgan fingerprint density at radius 3 is 2.46 bits per heavy atom. The first-order valence-corrected chi connectivity index (χ1v) is 11.7. The van der Waals surface area contributed by atoms with Crippen LogP contribution >= 0.6 is 11.6 Å². The van der Waals surface area contributed by atoms with E-state index in [0.29, 0.717) is 29.4 Å². The summed E-state index contributed by atoms with van der Waals surface area (Å²) in [5, 5.41) is 5.79. The molecule has 2 aromatic carbocycles. The van der Waals surface area contributed by atoms with Gasteiger partial charge in [0.15, 0.2) is 5.76 Å². The molecule has 0 spiro atoms. The summed E-state index contributed by atoms with van der Waals surface area (Å²) in [4.78, 5) is 40.8. The van der Waals surface area contributed by atoms with E-state index in [4.69, 9.17) is 20.8 Å². The highest BCUT2D eigenvalue weighted by Crippen LogP contribution is 2.33. The fourth-order valence-electron chi connectivity index (χ4n) is 3.97. The Kier molecular flexibility index (Phi) is 8.18. The zero-order valence-corrected chi connectivity index (χ0v) is 19.7. The number of ether oxygens (including phenoxy) is 1. The molecule has 2 heterocycles. The number of carbonyl (C=O) groups excluding carboxylic acids is 3. The Morgan fingerprint density at radius 2 is 1.77 bits per heavy atom. The average molecular weight is 496 g/mol. The molecule has 2 N–H and O–H groups in total. The smallest absolute Gasteiger partial charge is 0.287 e. The van der Waals surface area contributed by atoms with Crippen molar-refractivity contribution in [3.05, 3.63) is 89.3 Å². The van der Waals surface area contributed by atoms with Gasteiger partial charge in [0.25, 0.3) is 5.91 Å². The molecule has 3 amide bonds. The molecule has 0 aliphatic carbocycles. The highest BCUT2D eigenvalue weighted by Gasteiger charge is 2.34. The number of halogens is 1. The largest absolute Gasteiger partial charge is 0.459 e. The number of furan rings is 1. The molecule has 0 radical (unpaired) electrons. The van der Waals surface area contributed by atoms with E-state index >= 15 is 0 Å². The molecule has 4 rings (SSSR count). The van der Waals surface area contributed by atoms with Gasteiger partial charge in [0, 0.05) is 13.2 Å². The summed E-state index contributed by atoms with van der Waals surface area (Å²) in [7, 11) is 0. The molecule has 35 heavy (non-hydrogen) atoms. The maximum absolute atomic E-state index is 13.6. The van der Waals surface area contributed by atoms with Crippen LogP contribution in [0, 0.1) is 0 Å². The molecule has 0 bridgehead atoms. The highest BCUT2D eigenvalue weighted by molar-refractivity contribution is 6.34. The van der Waals surface area contributed by atoms with Gasteiger partial charge in [0.05, 0.1) is 29.6 Å². The van der Waals surface area contributed by atoms with Gasteiger partial charge in [-0.3, -0.25) is 19.3 Å². The number of anilines is 1. The van der Waals surface area contributed by atoms with Crippen LogP contribution in [-0.2, 0) is 14.3 Å². The number of hydrogen-bond donors (Lipinski definition) is 2. The van der Waals surface area contributed by atoms with Crippen LogP contribution < -0.4 is 15.5 Å². The average Bonchev–Trinajstić information content (AvgIpc) is 3.60. The van der Waals surface area contributed by atoms with E-state index in [1.807, 2.05) is 6.07 Å². The standard InChI is InChI=1S/C26H26ClN3O5/c27-20-11-4-5-12-21(20)30(23(31)17-29-25(32)22-13-7-15-35-22)24(18-8-2-1-3-9-18)26(33)28-16-19-10-6-14-34-19/h1-5,7-9,11-13,15,19,24H,6,10,14,16-17H2,(H,28,33)(H,29,32). The van der Waals surface area contributed by atoms with E-state index in [0.717, 1.165) is 12.8 Å². The highest BCUT2D eigenvalue weighted by atomic mass is 35.5. The Labute approximate surface area is 208 Å². The lowest BCUT2D eigenvalue weighted by molar-refractivity contribution is -0.126. The summed E-state index contributed by atoms with van der Waals surface area (Å²) < 4.78 is 10.7. The first kappa shape index (κ1) is 24.5. The van der Waals surface area contributed by atoms with Gasteiger partial charge in [-0.1, -0.05) is 54.1 Å². The lowest BCUT2D eigenvalue weighted by Crippen LogP contribution is -2.48. The molecule has 9 heteroatoms. The molecule has 8 nitrogen and oxygen atoms in total. The zero-order valence-electron chi connectivity index (χ0n) is 19.0. The summed E-state index contributed by atoms with van der Waals surface area (Å²) >= 11 is 6.48. The monoisotopic (exact) mass is 495 g/mol. The predicted octanol–water partition coefficient (Wildman–Crippen LogP) is 3.73. The number of hydrogen-bond acceptors (Lipinski definition) is 5. The minimum atomic E-state index is -1.02. The van der Waals surface area contributed by atoms with Crippen molar-refractivity contribution in [2.75, 3.05) is 24.6 Å². The van der Waals surface area contributed by atoms with Crippen LogP contribution in [0.2, 0.25) is 5.02 Å². The van der Waals surface area contributed by atoms with Crippen LogP contribution in [0.3, 0.4) is 0 Å². The van der Waals surface area contributed by atoms with Crippen molar-refractivity contribution in [3.63, 3.8) is 0 Å². The summed E-state index contributed by atoms with van der Waals surface area (Å²) in [5.74, 6) is -1.35. The van der Waals surface area contributed by atoms with E-state index < -0.39 is 17.9 Å². The molecule has 0 saturated carbocycles. The number of carbonyl (C=O) groups is 3. The van der Waals surface area contributed by atoms with Crippen molar-refractivity contribution >= 4 is 35.0 Å². The summed E-state index contributed by atoms with van der Waals surface area (Å²) in [5.41, 5.74) is 0.954. The van der Waals surface area contributed by atoms with E-state index in [2.05, 4.69) is 10.6 Å². The minimum Gasteiger partial charge on any atom is -0.459 e. The lowest BCUT2D eigenvalue weighted by atomic mass is 10.0. The number of rotatable bonds is 9. The SMILES string of the molecule is O=C(NCC(=O)N(c1ccccc1Cl)C(C(=O)NCC1CCCO1)c1ccccc1)c1ccco1. The van der Waals surface area contributed by atoms with Crippen LogP contribution in [-0.4, -0.2) is 43.5 Å². The number of benzene rings is 2. The third-order valence-electron chi connectivity index (χ3n) is 5.68. The first-order chi connectivity index (χ1) is 17.0. The fraction of sp³-hybridized carbons (Fsp3) is 0.269. The molecular weight excluding hydrogens is 470 g/mol. The Balaban J connectivity index is 1.64. The molecule has 2 atom stereocenters. The van der Waals surface area contributed by atoms with E-state index in [-0.39, 0.29) is 24.3 Å². The van der Waals surface area contributed by atoms with Gasteiger partial charge in [-0.25, -0.2) is 0 Å². The molecule has 1 saturated heterocycles. The Bertz CT molecular complexity index is 1150. The first-order valence-electron chi connectivity index (χ1n) is 11.4. The summed E-state index contributed by atoms with van der Waals surface area (Å²) in [6.07, 6.45) is 3.12. The van der Waals surface area contributed by atoms with Crippen LogP contribution in [0.4, 0.5) is 5.69 Å². The lowest BCUT2D eigenvalue weighted by Gasteiger charge is -2.32. The quantitative estimate of drug-likeness (QED) is 0.471. The molecule has 2 unspecified atom stereocenters. The number of amides is 3. The Morgan fingerprint density at radius 1 is 1.00 bits per heavy atom.